The van der Waals surface area contributed by atoms with Crippen LogP contribution in [0, 0.1) is 6.33 Å². The Hall–Kier alpha value is -1.44. The number of hydrogen-bond acceptors (Lipinski definition) is 2. The number of imidazole rings is 1. The minimum absolute atomic E-state index is 0.894. The zero-order valence-electron chi connectivity index (χ0n) is 5.28. The lowest BCUT2D eigenvalue weighted by Crippen LogP contribution is -1.67. The molecule has 2 rings (SSSR count). The molecule has 47 valence electrons. The molecule has 0 aromatic carbocycles. The fraction of sp³-hybridized carbons (Fsp3) is 0. The van der Waals surface area contributed by atoms with Gasteiger partial charge in [-0.15, -0.1) is 0 Å². The van der Waals surface area contributed by atoms with E-state index in [1.165, 1.54) is 0 Å². The van der Waals surface area contributed by atoms with Crippen LogP contribution in [-0.4, -0.2) is 9.97 Å². The van der Waals surface area contributed by atoms with Crippen LogP contribution in [0.2, 0.25) is 0 Å². The third-order valence-electron chi connectivity index (χ3n) is 1.33. The lowest BCUT2D eigenvalue weighted by molar-refractivity contribution is 1.31. The van der Waals surface area contributed by atoms with Gasteiger partial charge in [-0.25, -0.2) is 9.97 Å². The minimum Gasteiger partial charge on any atom is -0.224 e. The SMILES string of the molecule is [c]1nc2cccccc-2n1. The van der Waals surface area contributed by atoms with Crippen molar-refractivity contribution in [2.75, 3.05) is 0 Å². The molecule has 0 bridgehead atoms. The van der Waals surface area contributed by atoms with Crippen LogP contribution in [0.4, 0.5) is 0 Å². The van der Waals surface area contributed by atoms with Crippen molar-refractivity contribution < 1.29 is 0 Å². The first kappa shape index (κ1) is 5.35. The van der Waals surface area contributed by atoms with Gasteiger partial charge in [-0.3, -0.25) is 0 Å². The average molecular weight is 129 g/mol. The molecule has 0 saturated heterocycles. The molecule has 1 heterocycles. The molecule has 1 radical (unpaired) electrons. The van der Waals surface area contributed by atoms with E-state index in [2.05, 4.69) is 16.3 Å². The molecule has 0 fully saturated rings. The summed E-state index contributed by atoms with van der Waals surface area (Å²) in [6.45, 7) is 0. The summed E-state index contributed by atoms with van der Waals surface area (Å²) in [6.07, 6.45) is 2.55. The van der Waals surface area contributed by atoms with Crippen molar-refractivity contribution in [3.05, 3.63) is 36.7 Å². The molecule has 0 aromatic rings. The van der Waals surface area contributed by atoms with Crippen LogP contribution in [-0.2, 0) is 0 Å². The summed E-state index contributed by atoms with van der Waals surface area (Å²) >= 11 is 0. The van der Waals surface area contributed by atoms with Gasteiger partial charge in [0.1, 0.15) is 0 Å². The van der Waals surface area contributed by atoms with Crippen molar-refractivity contribution in [1.29, 1.82) is 0 Å². The topological polar surface area (TPSA) is 25.8 Å². The van der Waals surface area contributed by atoms with Gasteiger partial charge in [0.25, 0.3) is 0 Å². The van der Waals surface area contributed by atoms with Crippen molar-refractivity contribution in [3.8, 4) is 11.4 Å². The first-order chi connectivity index (χ1) is 4.97. The molecule has 2 heteroatoms. The average Bonchev–Trinajstić information content (AvgIpc) is 2.28. The summed E-state index contributed by atoms with van der Waals surface area (Å²) in [7, 11) is 0. The predicted molar refractivity (Wildman–Crippen MR) is 37.5 cm³/mol. The fourth-order valence-electron chi connectivity index (χ4n) is 0.850. The molecule has 1 aliphatic carbocycles. The van der Waals surface area contributed by atoms with E-state index >= 15 is 0 Å². The summed E-state index contributed by atoms with van der Waals surface area (Å²) in [5.74, 6) is 0. The summed E-state index contributed by atoms with van der Waals surface area (Å²) in [6, 6.07) is 9.65. The summed E-state index contributed by atoms with van der Waals surface area (Å²) < 4.78 is 0. The smallest absolute Gasteiger partial charge is 0.199 e. The Morgan fingerprint density at radius 3 is 2.10 bits per heavy atom. The van der Waals surface area contributed by atoms with Gasteiger partial charge < -0.3 is 0 Å². The number of fused-ring (bicyclic) bond motifs is 1. The van der Waals surface area contributed by atoms with Crippen LogP contribution in [0.3, 0.4) is 0 Å². The van der Waals surface area contributed by atoms with Crippen LogP contribution < -0.4 is 0 Å². The van der Waals surface area contributed by atoms with Crippen molar-refractivity contribution in [2.45, 2.75) is 0 Å². The van der Waals surface area contributed by atoms with E-state index in [-0.39, 0.29) is 0 Å². The number of nitrogens with zero attached hydrogens (tertiary/aromatic N) is 2. The maximum atomic E-state index is 3.92. The summed E-state index contributed by atoms with van der Waals surface area (Å²) in [5, 5.41) is 0. The quantitative estimate of drug-likeness (QED) is 0.537. The summed E-state index contributed by atoms with van der Waals surface area (Å²) in [4.78, 5) is 7.85. The molecule has 0 N–H and O–H groups in total. The molecule has 10 heavy (non-hydrogen) atoms. The van der Waals surface area contributed by atoms with E-state index in [4.69, 9.17) is 0 Å². The first-order valence-corrected chi connectivity index (χ1v) is 3.06. The van der Waals surface area contributed by atoms with Gasteiger partial charge in [-0.1, -0.05) is 18.2 Å². The van der Waals surface area contributed by atoms with Crippen molar-refractivity contribution in [2.24, 2.45) is 0 Å². The highest BCUT2D eigenvalue weighted by molar-refractivity contribution is 5.53. The normalized spacial score (nSPS) is 10.0. The Balaban J connectivity index is 2.74. The van der Waals surface area contributed by atoms with Gasteiger partial charge in [0.2, 0.25) is 0 Å². The second-order valence-electron chi connectivity index (χ2n) is 2.00. The lowest BCUT2D eigenvalue weighted by atomic mass is 10.3. The molecule has 2 nitrogen and oxygen atoms in total. The third-order valence-corrected chi connectivity index (χ3v) is 1.33. The molecular weight excluding hydrogens is 124 g/mol. The monoisotopic (exact) mass is 129 g/mol. The molecule has 0 unspecified atom stereocenters. The molecular formula is C8H5N2. The molecule has 0 amide bonds. The van der Waals surface area contributed by atoms with E-state index in [0.717, 1.165) is 11.4 Å². The third kappa shape index (κ3) is 0.739. The molecule has 0 saturated carbocycles. The highest BCUT2D eigenvalue weighted by atomic mass is 14.9. The maximum Gasteiger partial charge on any atom is 0.199 e. The highest BCUT2D eigenvalue weighted by Crippen LogP contribution is 2.12. The van der Waals surface area contributed by atoms with Gasteiger partial charge >= 0.3 is 0 Å². The highest BCUT2D eigenvalue weighted by Gasteiger charge is 1.99. The largest absolute Gasteiger partial charge is 0.224 e. The summed E-state index contributed by atoms with van der Waals surface area (Å²) in [5.41, 5.74) is 1.79. The molecule has 0 aromatic heterocycles. The molecule has 2 aliphatic rings. The Morgan fingerprint density at radius 2 is 1.50 bits per heavy atom. The standard InChI is InChI=1S/C8H5N2/c1-2-4-7-8(5-3-1)10-6-9-7/h1-5H. The Labute approximate surface area is 58.9 Å². The maximum absolute atomic E-state index is 3.92. The number of hydrogen-bond donors (Lipinski definition) is 0. The first-order valence-electron chi connectivity index (χ1n) is 3.06. The zero-order chi connectivity index (χ0) is 6.81. The molecule has 0 atom stereocenters. The van der Waals surface area contributed by atoms with Crippen LogP contribution >= 0.6 is 0 Å². The van der Waals surface area contributed by atoms with Crippen molar-refractivity contribution >= 4 is 0 Å². The number of aromatic nitrogens is 2. The van der Waals surface area contributed by atoms with Crippen molar-refractivity contribution in [1.82, 2.24) is 9.97 Å². The van der Waals surface area contributed by atoms with Gasteiger partial charge in [-0.05, 0) is 12.1 Å². The Morgan fingerprint density at radius 1 is 0.900 bits per heavy atom. The Bertz CT molecular complexity index is 278. The minimum atomic E-state index is 0.894. The van der Waals surface area contributed by atoms with Crippen molar-refractivity contribution in [3.63, 3.8) is 0 Å². The van der Waals surface area contributed by atoms with E-state index in [0.29, 0.717) is 0 Å². The lowest BCUT2D eigenvalue weighted by Gasteiger charge is -1.81. The van der Waals surface area contributed by atoms with Gasteiger partial charge in [0.05, 0.1) is 11.4 Å². The second-order valence-corrected chi connectivity index (χ2v) is 2.00. The molecule has 0 spiro atoms. The van der Waals surface area contributed by atoms with Crippen LogP contribution in [0.15, 0.2) is 30.3 Å². The van der Waals surface area contributed by atoms with E-state index in [1.807, 2.05) is 30.3 Å². The van der Waals surface area contributed by atoms with E-state index in [1.54, 1.807) is 0 Å². The predicted octanol–water partition coefficient (Wildman–Crippen LogP) is 1.38. The van der Waals surface area contributed by atoms with Crippen LogP contribution in [0.25, 0.3) is 11.4 Å². The van der Waals surface area contributed by atoms with Crippen LogP contribution in [0.5, 0.6) is 0 Å². The second kappa shape index (κ2) is 2.06. The Kier molecular flexibility index (Phi) is 1.10. The van der Waals surface area contributed by atoms with Gasteiger partial charge in [-0.2, -0.15) is 0 Å². The van der Waals surface area contributed by atoms with Crippen LogP contribution in [0.1, 0.15) is 0 Å². The van der Waals surface area contributed by atoms with Gasteiger partial charge in [0, 0.05) is 0 Å². The zero-order valence-corrected chi connectivity index (χ0v) is 5.28. The van der Waals surface area contributed by atoms with Gasteiger partial charge in [0.15, 0.2) is 6.33 Å². The fourth-order valence-corrected chi connectivity index (χ4v) is 0.850. The number of rotatable bonds is 0. The van der Waals surface area contributed by atoms with E-state index < -0.39 is 0 Å². The van der Waals surface area contributed by atoms with E-state index in [9.17, 15) is 0 Å². The molecule has 1 aliphatic heterocycles.